The van der Waals surface area contributed by atoms with Crippen LogP contribution >= 0.6 is 11.3 Å². The minimum absolute atomic E-state index is 0.859. The highest BCUT2D eigenvalue weighted by Crippen LogP contribution is 2.47. The first-order chi connectivity index (χ1) is 27.3. The topological polar surface area (TPSA) is 16.4 Å². The van der Waals surface area contributed by atoms with Gasteiger partial charge in [0, 0.05) is 42.3 Å². The molecule has 0 aliphatic rings. The van der Waals surface area contributed by atoms with Crippen molar-refractivity contribution in [2.24, 2.45) is 0 Å². The van der Waals surface area contributed by atoms with Gasteiger partial charge in [-0.05, 0) is 92.7 Å². The van der Waals surface area contributed by atoms with Crippen molar-refractivity contribution in [1.82, 2.24) is 0 Å². The molecule has 2 aromatic heterocycles. The molecule has 0 saturated heterocycles. The molecule has 9 aromatic carbocycles. The van der Waals surface area contributed by atoms with Crippen molar-refractivity contribution in [2.75, 3.05) is 4.90 Å². The van der Waals surface area contributed by atoms with E-state index in [0.717, 1.165) is 50.1 Å². The Hall–Kier alpha value is -6.94. The molecular formula is C52H33NOS. The van der Waals surface area contributed by atoms with E-state index in [1.165, 1.54) is 53.2 Å². The number of rotatable bonds is 6. The van der Waals surface area contributed by atoms with Crippen molar-refractivity contribution >= 4 is 81.3 Å². The lowest BCUT2D eigenvalue weighted by Crippen LogP contribution is -2.10. The summed E-state index contributed by atoms with van der Waals surface area (Å²) in [6.07, 6.45) is 0. The van der Waals surface area contributed by atoms with E-state index in [1.807, 2.05) is 11.3 Å². The van der Waals surface area contributed by atoms with Crippen molar-refractivity contribution < 1.29 is 4.42 Å². The molecule has 2 heterocycles. The van der Waals surface area contributed by atoms with Gasteiger partial charge in [-0.1, -0.05) is 152 Å². The second-order valence-corrected chi connectivity index (χ2v) is 15.1. The molecule has 0 N–H and O–H groups in total. The van der Waals surface area contributed by atoms with Gasteiger partial charge in [-0.15, -0.1) is 11.3 Å². The first-order valence-corrected chi connectivity index (χ1v) is 19.5. The first-order valence-electron chi connectivity index (χ1n) is 18.7. The summed E-state index contributed by atoms with van der Waals surface area (Å²) in [4.78, 5) is 2.36. The van der Waals surface area contributed by atoms with E-state index in [0.29, 0.717) is 0 Å². The zero-order valence-electron chi connectivity index (χ0n) is 29.8. The Bertz CT molecular complexity index is 3180. The van der Waals surface area contributed by atoms with E-state index in [4.69, 9.17) is 4.42 Å². The molecule has 0 aliphatic carbocycles. The van der Waals surface area contributed by atoms with Crippen LogP contribution in [0.2, 0.25) is 0 Å². The van der Waals surface area contributed by atoms with Gasteiger partial charge in [-0.2, -0.15) is 0 Å². The van der Waals surface area contributed by atoms with E-state index in [9.17, 15) is 0 Å². The zero-order valence-corrected chi connectivity index (χ0v) is 30.6. The number of fused-ring (bicyclic) bond motifs is 8. The Morgan fingerprint density at radius 2 is 1.00 bits per heavy atom. The predicted octanol–water partition coefficient (Wildman–Crippen LogP) is 15.6. The summed E-state index contributed by atoms with van der Waals surface area (Å²) >= 11 is 1.87. The van der Waals surface area contributed by atoms with Crippen LogP contribution in [-0.2, 0) is 0 Å². The molecule has 0 atom stereocenters. The number of benzene rings is 9. The van der Waals surface area contributed by atoms with E-state index < -0.39 is 0 Å². The van der Waals surface area contributed by atoms with Gasteiger partial charge in [-0.3, -0.25) is 0 Å². The summed E-state index contributed by atoms with van der Waals surface area (Å²) in [5.74, 6) is 0. The van der Waals surface area contributed by atoms with Gasteiger partial charge in [0.05, 0.1) is 5.69 Å². The molecule has 2 nitrogen and oxygen atoms in total. The van der Waals surface area contributed by atoms with Crippen LogP contribution in [0.25, 0.3) is 86.3 Å². The normalized spacial score (nSPS) is 11.6. The highest BCUT2D eigenvalue weighted by atomic mass is 32.1. The molecular weight excluding hydrogens is 687 g/mol. The van der Waals surface area contributed by atoms with E-state index >= 15 is 0 Å². The third-order valence-corrected chi connectivity index (χ3v) is 12.1. The summed E-state index contributed by atoms with van der Waals surface area (Å²) in [5, 5.41) is 7.24. The lowest BCUT2D eigenvalue weighted by atomic mass is 9.98. The number of hydrogen-bond donors (Lipinski definition) is 0. The fourth-order valence-electron chi connectivity index (χ4n) is 8.22. The molecule has 0 spiro atoms. The minimum Gasteiger partial charge on any atom is -0.454 e. The molecule has 0 bridgehead atoms. The lowest BCUT2D eigenvalue weighted by molar-refractivity contribution is 0.669. The van der Waals surface area contributed by atoms with Gasteiger partial charge in [0.15, 0.2) is 5.58 Å². The minimum atomic E-state index is 0.859. The summed E-state index contributed by atoms with van der Waals surface area (Å²) in [7, 11) is 0. The SMILES string of the molecule is c1ccc(-c2ccc(N(c3ccc(-c4cccc5c4sc4ccccc45)cc3)c3cc(-c4ccccc4)cc4c3oc3ccc5ccccc5c34)cc2)cc1. The van der Waals surface area contributed by atoms with Crippen molar-refractivity contribution in [3.8, 4) is 33.4 Å². The van der Waals surface area contributed by atoms with Crippen molar-refractivity contribution in [1.29, 1.82) is 0 Å². The first kappa shape index (κ1) is 31.6. The fraction of sp³-hybridized carbons (Fsp3) is 0. The Kier molecular flexibility index (Phi) is 7.39. The van der Waals surface area contributed by atoms with E-state index in [-0.39, 0.29) is 0 Å². The van der Waals surface area contributed by atoms with Gasteiger partial charge in [-0.25, -0.2) is 0 Å². The Labute approximate surface area is 322 Å². The number of anilines is 3. The monoisotopic (exact) mass is 719 g/mol. The van der Waals surface area contributed by atoms with Gasteiger partial charge in [0.1, 0.15) is 5.58 Å². The molecule has 55 heavy (non-hydrogen) atoms. The summed E-state index contributed by atoms with van der Waals surface area (Å²) in [6.45, 7) is 0. The highest BCUT2D eigenvalue weighted by molar-refractivity contribution is 7.26. The third-order valence-electron chi connectivity index (χ3n) is 10.9. The van der Waals surface area contributed by atoms with E-state index in [2.05, 4.69) is 205 Å². The Morgan fingerprint density at radius 3 is 1.75 bits per heavy atom. The quantitative estimate of drug-likeness (QED) is 0.170. The van der Waals surface area contributed by atoms with Crippen LogP contribution < -0.4 is 4.90 Å². The molecule has 0 fully saturated rings. The van der Waals surface area contributed by atoms with Crippen LogP contribution in [0.1, 0.15) is 0 Å². The maximum absolute atomic E-state index is 6.93. The maximum Gasteiger partial charge on any atom is 0.159 e. The van der Waals surface area contributed by atoms with Gasteiger partial charge in [0.2, 0.25) is 0 Å². The fourth-order valence-corrected chi connectivity index (χ4v) is 9.46. The molecule has 0 saturated carbocycles. The predicted molar refractivity (Wildman–Crippen MR) is 235 cm³/mol. The average Bonchev–Trinajstić information content (AvgIpc) is 3.84. The number of hydrogen-bond acceptors (Lipinski definition) is 3. The number of nitrogens with zero attached hydrogens (tertiary/aromatic N) is 1. The molecule has 0 aliphatic heterocycles. The number of thiophene rings is 1. The lowest BCUT2D eigenvalue weighted by Gasteiger charge is -2.26. The van der Waals surface area contributed by atoms with Gasteiger partial charge in [0.25, 0.3) is 0 Å². The van der Waals surface area contributed by atoms with Crippen LogP contribution in [0.15, 0.2) is 205 Å². The molecule has 3 heteroatoms. The van der Waals surface area contributed by atoms with Crippen LogP contribution in [0, 0.1) is 0 Å². The van der Waals surface area contributed by atoms with Crippen LogP contribution in [0.5, 0.6) is 0 Å². The Balaban J connectivity index is 1.14. The summed E-state index contributed by atoms with van der Waals surface area (Å²) < 4.78 is 9.56. The third kappa shape index (κ3) is 5.32. The van der Waals surface area contributed by atoms with Crippen LogP contribution in [0.4, 0.5) is 17.1 Å². The molecule has 0 amide bonds. The molecule has 11 aromatic rings. The van der Waals surface area contributed by atoms with Gasteiger partial charge < -0.3 is 9.32 Å². The molecule has 0 unspecified atom stereocenters. The zero-order chi connectivity index (χ0) is 36.3. The van der Waals surface area contributed by atoms with Crippen LogP contribution in [0.3, 0.4) is 0 Å². The van der Waals surface area contributed by atoms with Crippen molar-refractivity contribution in [3.63, 3.8) is 0 Å². The summed E-state index contributed by atoms with van der Waals surface area (Å²) in [5.41, 5.74) is 11.9. The van der Waals surface area contributed by atoms with Crippen molar-refractivity contribution in [3.05, 3.63) is 200 Å². The summed E-state index contributed by atoms with van der Waals surface area (Å²) in [6, 6.07) is 72.0. The van der Waals surface area contributed by atoms with Crippen LogP contribution in [-0.4, -0.2) is 0 Å². The van der Waals surface area contributed by atoms with E-state index in [1.54, 1.807) is 0 Å². The second kappa shape index (κ2) is 12.9. The standard InChI is InChI=1S/C52H33NOS/c1-3-12-34(13-4-1)36-22-27-40(28-23-36)53(41-29-24-38(25-30-41)43-19-11-20-45-44-18-9-10-21-49(44)55-52(43)45)47-33-39(35-14-5-2-6-15-35)32-46-50-42-17-8-7-16-37(42)26-31-48(50)54-51(46)47/h1-33H. The molecule has 11 rings (SSSR count). The van der Waals surface area contributed by atoms with Gasteiger partial charge >= 0.3 is 0 Å². The maximum atomic E-state index is 6.93. The average molecular weight is 720 g/mol. The van der Waals surface area contributed by atoms with Crippen molar-refractivity contribution in [2.45, 2.75) is 0 Å². The smallest absolute Gasteiger partial charge is 0.159 e. The Morgan fingerprint density at radius 1 is 0.400 bits per heavy atom. The second-order valence-electron chi connectivity index (χ2n) is 14.1. The largest absolute Gasteiger partial charge is 0.454 e. The highest BCUT2D eigenvalue weighted by Gasteiger charge is 2.23. The molecule has 0 radical (unpaired) electrons. The molecule has 258 valence electrons. The number of furan rings is 1.